The Bertz CT molecular complexity index is 637. The van der Waals surface area contributed by atoms with Crippen LogP contribution >= 0.6 is 22.9 Å². The molecule has 4 bridgehead atoms. The van der Waals surface area contributed by atoms with Gasteiger partial charge in [0.05, 0.1) is 11.6 Å². The lowest BCUT2D eigenvalue weighted by Gasteiger charge is -2.56. The van der Waals surface area contributed by atoms with Crippen molar-refractivity contribution in [2.75, 3.05) is 5.88 Å². The second-order valence-electron chi connectivity index (χ2n) is 7.30. The van der Waals surface area contributed by atoms with E-state index in [1.807, 2.05) is 6.07 Å². The number of hydrogen-bond acceptors (Lipinski definition) is 4. The molecule has 0 radical (unpaired) electrons. The zero-order valence-electron chi connectivity index (χ0n) is 12.4. The van der Waals surface area contributed by atoms with E-state index in [0.717, 1.165) is 23.4 Å². The van der Waals surface area contributed by atoms with Crippen molar-refractivity contribution < 1.29 is 5.11 Å². The van der Waals surface area contributed by atoms with Gasteiger partial charge in [0, 0.05) is 10.8 Å². The third kappa shape index (κ3) is 2.18. The van der Waals surface area contributed by atoms with Gasteiger partial charge in [0.2, 0.25) is 0 Å². The van der Waals surface area contributed by atoms with Crippen LogP contribution in [0, 0.1) is 29.1 Å². The Kier molecular flexibility index (Phi) is 3.47. The van der Waals surface area contributed by atoms with E-state index in [9.17, 15) is 10.4 Å². The normalized spacial score (nSPS) is 37.0. The molecule has 0 aromatic carbocycles. The van der Waals surface area contributed by atoms with E-state index in [1.54, 1.807) is 0 Å². The topological polar surface area (TPSA) is 56.9 Å². The number of nitriles is 1. The highest BCUT2D eigenvalue weighted by Gasteiger charge is 2.52. The van der Waals surface area contributed by atoms with Crippen molar-refractivity contribution in [3.8, 4) is 6.07 Å². The van der Waals surface area contributed by atoms with Crippen molar-refractivity contribution >= 4 is 28.5 Å². The Morgan fingerprint density at radius 3 is 2.41 bits per heavy atom. The number of aromatic nitrogens is 1. The van der Waals surface area contributed by atoms with E-state index in [0.29, 0.717) is 5.01 Å². The van der Waals surface area contributed by atoms with Gasteiger partial charge >= 0.3 is 0 Å². The summed E-state index contributed by atoms with van der Waals surface area (Å²) in [6.45, 7) is 0. The molecule has 4 aliphatic carbocycles. The van der Waals surface area contributed by atoms with Crippen LogP contribution in [0.3, 0.4) is 0 Å². The van der Waals surface area contributed by atoms with E-state index in [2.05, 4.69) is 5.38 Å². The van der Waals surface area contributed by atoms with Gasteiger partial charge in [0.1, 0.15) is 22.4 Å². The summed E-state index contributed by atoms with van der Waals surface area (Å²) in [5, 5.41) is 21.8. The number of nitrogens with zero attached hydrogens (tertiary/aromatic N) is 2. The van der Waals surface area contributed by atoms with Gasteiger partial charge in [-0.2, -0.15) is 5.26 Å². The number of allylic oxidation sites excluding steroid dienone is 2. The summed E-state index contributed by atoms with van der Waals surface area (Å²) >= 11 is 7.12. The lowest BCUT2D eigenvalue weighted by molar-refractivity contribution is -0.00694. The van der Waals surface area contributed by atoms with E-state index >= 15 is 0 Å². The third-order valence-electron chi connectivity index (χ3n) is 5.83. The van der Waals surface area contributed by atoms with Crippen molar-refractivity contribution in [2.45, 2.75) is 43.9 Å². The van der Waals surface area contributed by atoms with Crippen molar-refractivity contribution in [3.05, 3.63) is 21.8 Å². The number of aliphatic hydroxyl groups excluding tert-OH is 1. The molecule has 22 heavy (non-hydrogen) atoms. The number of halogens is 1. The molecule has 0 aliphatic heterocycles. The minimum Gasteiger partial charge on any atom is -0.510 e. The molecule has 0 unspecified atom stereocenters. The molecule has 1 heterocycles. The number of rotatable bonds is 3. The Morgan fingerprint density at radius 1 is 1.32 bits per heavy atom. The Labute approximate surface area is 139 Å². The summed E-state index contributed by atoms with van der Waals surface area (Å²) in [6.07, 6.45) is 8.01. The summed E-state index contributed by atoms with van der Waals surface area (Å²) in [4.78, 5) is 4.76. The quantitative estimate of drug-likeness (QED) is 0.497. The zero-order chi connectivity index (χ0) is 15.3. The summed E-state index contributed by atoms with van der Waals surface area (Å²) in [5.41, 5.74) is 1.62. The van der Waals surface area contributed by atoms with Crippen LogP contribution in [0.1, 0.15) is 49.2 Å². The number of alkyl halides is 1. The molecule has 1 N–H and O–H groups in total. The van der Waals surface area contributed by atoms with Crippen LogP contribution in [0.4, 0.5) is 0 Å². The minimum atomic E-state index is -0.0735. The summed E-state index contributed by atoms with van der Waals surface area (Å²) in [7, 11) is 0. The third-order valence-corrected chi connectivity index (χ3v) is 6.94. The standard InChI is InChI=1S/C17H19ClN2OS/c18-7-14(21)13(8-19)16-20-15(9-22-16)17-4-10-1-11(5-17)3-12(2-10)6-17/h9-12,21H,1-7H2. The molecule has 0 atom stereocenters. The first-order valence-corrected chi connectivity index (χ1v) is 9.39. The van der Waals surface area contributed by atoms with Gasteiger partial charge in [-0.3, -0.25) is 0 Å². The van der Waals surface area contributed by atoms with Crippen molar-refractivity contribution in [2.24, 2.45) is 17.8 Å². The van der Waals surface area contributed by atoms with Gasteiger partial charge in [-0.15, -0.1) is 22.9 Å². The SMILES string of the molecule is N#CC(=C(O)CCl)c1nc(C23CC4CC(CC(C4)C2)C3)cs1. The number of aliphatic hydroxyl groups is 1. The van der Waals surface area contributed by atoms with Crippen LogP contribution in [-0.2, 0) is 5.41 Å². The lowest BCUT2D eigenvalue weighted by atomic mass is 9.49. The molecule has 5 heteroatoms. The largest absolute Gasteiger partial charge is 0.510 e. The van der Waals surface area contributed by atoms with Crippen LogP contribution in [0.5, 0.6) is 0 Å². The molecular weight excluding hydrogens is 316 g/mol. The predicted molar refractivity (Wildman–Crippen MR) is 87.8 cm³/mol. The highest BCUT2D eigenvalue weighted by molar-refractivity contribution is 7.11. The van der Waals surface area contributed by atoms with Crippen molar-refractivity contribution in [1.29, 1.82) is 5.26 Å². The van der Waals surface area contributed by atoms with E-state index < -0.39 is 0 Å². The van der Waals surface area contributed by atoms with Gasteiger partial charge < -0.3 is 5.11 Å². The van der Waals surface area contributed by atoms with Crippen LogP contribution in [-0.4, -0.2) is 16.0 Å². The fourth-order valence-electron chi connectivity index (χ4n) is 5.36. The molecule has 3 nitrogen and oxygen atoms in total. The minimum absolute atomic E-state index is 0.0465. The van der Waals surface area contributed by atoms with Gasteiger partial charge in [-0.05, 0) is 56.3 Å². The molecule has 116 valence electrons. The molecule has 5 rings (SSSR count). The number of hydrogen-bond donors (Lipinski definition) is 1. The second-order valence-corrected chi connectivity index (χ2v) is 8.43. The van der Waals surface area contributed by atoms with E-state index in [4.69, 9.17) is 16.6 Å². The zero-order valence-corrected chi connectivity index (χ0v) is 14.0. The molecule has 0 saturated heterocycles. The molecular formula is C17H19ClN2OS. The average Bonchev–Trinajstić information content (AvgIpc) is 2.97. The first-order valence-electron chi connectivity index (χ1n) is 7.98. The highest BCUT2D eigenvalue weighted by atomic mass is 35.5. The molecule has 4 saturated carbocycles. The first kappa shape index (κ1) is 14.5. The van der Waals surface area contributed by atoms with Gasteiger partial charge in [0.15, 0.2) is 0 Å². The van der Waals surface area contributed by atoms with E-state index in [-0.39, 0.29) is 22.6 Å². The number of thiazole rings is 1. The Morgan fingerprint density at radius 2 is 1.91 bits per heavy atom. The van der Waals surface area contributed by atoms with Gasteiger partial charge in [-0.1, -0.05) is 0 Å². The maximum atomic E-state index is 9.81. The van der Waals surface area contributed by atoms with E-state index in [1.165, 1.54) is 49.9 Å². The van der Waals surface area contributed by atoms with Gasteiger partial charge in [0.25, 0.3) is 0 Å². The molecule has 0 amide bonds. The maximum absolute atomic E-state index is 9.81. The lowest BCUT2D eigenvalue weighted by Crippen LogP contribution is -2.48. The fraction of sp³-hybridized carbons (Fsp3) is 0.647. The van der Waals surface area contributed by atoms with Crippen LogP contribution in [0.15, 0.2) is 11.1 Å². The maximum Gasteiger partial charge on any atom is 0.137 e. The molecule has 4 aliphatic rings. The molecule has 0 spiro atoms. The predicted octanol–water partition coefficient (Wildman–Crippen LogP) is 4.64. The summed E-state index contributed by atoms with van der Waals surface area (Å²) in [5.74, 6) is 2.50. The average molecular weight is 335 g/mol. The summed E-state index contributed by atoms with van der Waals surface area (Å²) in [6, 6.07) is 2.05. The van der Waals surface area contributed by atoms with Crippen molar-refractivity contribution in [3.63, 3.8) is 0 Å². The highest BCUT2D eigenvalue weighted by Crippen LogP contribution is 2.60. The fourth-order valence-corrected chi connectivity index (χ4v) is 6.45. The summed E-state index contributed by atoms with van der Waals surface area (Å²) < 4.78 is 0. The van der Waals surface area contributed by atoms with Crippen LogP contribution in [0.25, 0.3) is 5.57 Å². The monoisotopic (exact) mass is 334 g/mol. The second kappa shape index (κ2) is 5.25. The molecule has 4 fully saturated rings. The van der Waals surface area contributed by atoms with Gasteiger partial charge in [-0.25, -0.2) is 4.98 Å². The van der Waals surface area contributed by atoms with Crippen molar-refractivity contribution in [1.82, 2.24) is 4.98 Å². The molecule has 1 aromatic rings. The first-order chi connectivity index (χ1) is 10.6. The molecule has 1 aromatic heterocycles. The van der Waals surface area contributed by atoms with Crippen LogP contribution in [0.2, 0.25) is 0 Å². The van der Waals surface area contributed by atoms with Crippen LogP contribution < -0.4 is 0 Å². The smallest absolute Gasteiger partial charge is 0.137 e. The Balaban J connectivity index is 1.69. The Hall–Kier alpha value is -1.05.